The molecule has 1 N–H and O–H groups in total. The van der Waals surface area contributed by atoms with Gasteiger partial charge in [0.2, 0.25) is 10.0 Å². The van der Waals surface area contributed by atoms with Crippen molar-refractivity contribution in [1.29, 1.82) is 0 Å². The van der Waals surface area contributed by atoms with Gasteiger partial charge in [0.05, 0.1) is 19.4 Å². The molecule has 0 aliphatic carbocycles. The van der Waals surface area contributed by atoms with Gasteiger partial charge in [-0.25, -0.2) is 13.1 Å². The van der Waals surface area contributed by atoms with Crippen LogP contribution in [0.25, 0.3) is 11.3 Å². The van der Waals surface area contributed by atoms with E-state index in [0.29, 0.717) is 12.2 Å². The monoisotopic (exact) mass is 377 g/mol. The zero-order valence-electron chi connectivity index (χ0n) is 13.8. The van der Waals surface area contributed by atoms with Crippen molar-refractivity contribution in [3.05, 3.63) is 64.5 Å². The number of methoxy groups -OCH3 is 1. The lowest BCUT2D eigenvalue weighted by molar-refractivity contribution is 0.414. The van der Waals surface area contributed by atoms with Crippen LogP contribution in [-0.2, 0) is 23.0 Å². The van der Waals surface area contributed by atoms with E-state index in [1.165, 1.54) is 0 Å². The van der Waals surface area contributed by atoms with Crippen LogP contribution >= 0.6 is 11.3 Å². The zero-order valence-corrected chi connectivity index (χ0v) is 15.4. The van der Waals surface area contributed by atoms with Crippen molar-refractivity contribution in [3.63, 3.8) is 0 Å². The summed E-state index contributed by atoms with van der Waals surface area (Å²) < 4.78 is 37.7. The van der Waals surface area contributed by atoms with Crippen LogP contribution in [0.5, 0.6) is 5.75 Å². The molecule has 1 aromatic carbocycles. The van der Waals surface area contributed by atoms with E-state index in [2.05, 4.69) is 4.72 Å². The predicted octanol–water partition coefficient (Wildman–Crippen LogP) is 3.68. The van der Waals surface area contributed by atoms with Crippen LogP contribution in [0.15, 0.2) is 57.6 Å². The first-order valence-corrected chi connectivity index (χ1v) is 10.4. The average molecular weight is 377 g/mol. The molecule has 0 spiro atoms. The van der Waals surface area contributed by atoms with E-state index in [1.54, 1.807) is 24.5 Å². The Morgan fingerprint density at radius 1 is 1.12 bits per heavy atom. The highest BCUT2D eigenvalue weighted by molar-refractivity contribution is 7.89. The minimum atomic E-state index is -3.38. The molecule has 2 aromatic heterocycles. The highest BCUT2D eigenvalue weighted by Crippen LogP contribution is 2.24. The Morgan fingerprint density at radius 3 is 2.60 bits per heavy atom. The summed E-state index contributed by atoms with van der Waals surface area (Å²) in [6.45, 7) is 0.148. The van der Waals surface area contributed by atoms with Gasteiger partial charge in [0, 0.05) is 10.9 Å². The SMILES string of the molecule is COc1ccc(CCS(=O)(=O)NCc2ccc(-c3ccsc3)o2)cc1. The third-order valence-electron chi connectivity index (χ3n) is 3.75. The maximum atomic E-state index is 12.2. The van der Waals surface area contributed by atoms with Crippen LogP contribution in [0.1, 0.15) is 11.3 Å². The molecule has 25 heavy (non-hydrogen) atoms. The van der Waals surface area contributed by atoms with Crippen LogP contribution in [0.4, 0.5) is 0 Å². The molecule has 0 fully saturated rings. The van der Waals surface area contributed by atoms with Crippen molar-refractivity contribution >= 4 is 21.4 Å². The first kappa shape index (κ1) is 17.7. The fraction of sp³-hybridized carbons (Fsp3) is 0.222. The summed E-state index contributed by atoms with van der Waals surface area (Å²) in [4.78, 5) is 0. The Kier molecular flexibility index (Phi) is 5.57. The van der Waals surface area contributed by atoms with Gasteiger partial charge in [0.25, 0.3) is 0 Å². The molecule has 3 rings (SSSR count). The Balaban J connectivity index is 1.53. The molecular formula is C18H19NO4S2. The highest BCUT2D eigenvalue weighted by Gasteiger charge is 2.12. The summed E-state index contributed by atoms with van der Waals surface area (Å²) in [5, 5.41) is 3.96. The molecule has 5 nitrogen and oxygen atoms in total. The van der Waals surface area contributed by atoms with Gasteiger partial charge in [0.15, 0.2) is 0 Å². The Labute approximate surface area is 151 Å². The van der Waals surface area contributed by atoms with Gasteiger partial charge in [-0.05, 0) is 47.7 Å². The molecule has 3 aromatic rings. The normalized spacial score (nSPS) is 11.6. The van der Waals surface area contributed by atoms with Crippen LogP contribution in [0, 0.1) is 0 Å². The van der Waals surface area contributed by atoms with Gasteiger partial charge >= 0.3 is 0 Å². The number of aryl methyl sites for hydroxylation is 1. The third-order valence-corrected chi connectivity index (χ3v) is 5.76. The smallest absolute Gasteiger partial charge is 0.212 e. The fourth-order valence-corrected chi connectivity index (χ4v) is 3.99. The van der Waals surface area contributed by atoms with Crippen LogP contribution in [0.2, 0.25) is 0 Å². The molecule has 0 saturated heterocycles. The van der Waals surface area contributed by atoms with Crippen molar-refractivity contribution in [3.8, 4) is 17.1 Å². The van der Waals surface area contributed by atoms with E-state index in [4.69, 9.17) is 9.15 Å². The maximum Gasteiger partial charge on any atom is 0.212 e. The number of sulfonamides is 1. The number of nitrogens with one attached hydrogen (secondary N) is 1. The van der Waals surface area contributed by atoms with E-state index in [0.717, 1.165) is 22.6 Å². The first-order valence-electron chi connectivity index (χ1n) is 7.77. The van der Waals surface area contributed by atoms with Crippen molar-refractivity contribution in [2.24, 2.45) is 0 Å². The lowest BCUT2D eigenvalue weighted by Gasteiger charge is -2.06. The van der Waals surface area contributed by atoms with Crippen molar-refractivity contribution < 1.29 is 17.6 Å². The van der Waals surface area contributed by atoms with Gasteiger partial charge in [-0.1, -0.05) is 12.1 Å². The van der Waals surface area contributed by atoms with Crippen LogP contribution < -0.4 is 9.46 Å². The summed E-state index contributed by atoms with van der Waals surface area (Å²) in [5.41, 5.74) is 1.95. The summed E-state index contributed by atoms with van der Waals surface area (Å²) in [5.74, 6) is 2.11. The van der Waals surface area contributed by atoms with E-state index in [-0.39, 0.29) is 12.3 Å². The topological polar surface area (TPSA) is 68.5 Å². The Hall–Kier alpha value is -2.09. The average Bonchev–Trinajstić information content (AvgIpc) is 3.30. The lowest BCUT2D eigenvalue weighted by Crippen LogP contribution is -2.26. The van der Waals surface area contributed by atoms with E-state index < -0.39 is 10.0 Å². The van der Waals surface area contributed by atoms with Gasteiger partial charge in [-0.3, -0.25) is 0 Å². The number of hydrogen-bond donors (Lipinski definition) is 1. The van der Waals surface area contributed by atoms with Crippen molar-refractivity contribution in [1.82, 2.24) is 4.72 Å². The van der Waals surface area contributed by atoms with Crippen LogP contribution in [0.3, 0.4) is 0 Å². The van der Waals surface area contributed by atoms with Crippen molar-refractivity contribution in [2.75, 3.05) is 12.9 Å². The highest BCUT2D eigenvalue weighted by atomic mass is 32.2. The second-order valence-electron chi connectivity index (χ2n) is 5.52. The minimum Gasteiger partial charge on any atom is -0.497 e. The number of rotatable bonds is 8. The largest absolute Gasteiger partial charge is 0.497 e. The van der Waals surface area contributed by atoms with Crippen LogP contribution in [-0.4, -0.2) is 21.3 Å². The number of hydrogen-bond acceptors (Lipinski definition) is 5. The molecule has 0 aliphatic rings. The van der Waals surface area contributed by atoms with Crippen molar-refractivity contribution in [2.45, 2.75) is 13.0 Å². The predicted molar refractivity (Wildman–Crippen MR) is 99.3 cm³/mol. The van der Waals surface area contributed by atoms with Gasteiger partial charge < -0.3 is 9.15 Å². The quantitative estimate of drug-likeness (QED) is 0.650. The zero-order chi connectivity index (χ0) is 17.7. The molecule has 0 atom stereocenters. The fourth-order valence-electron chi connectivity index (χ4n) is 2.33. The standard InChI is InChI=1S/C18H19NO4S2/c1-22-16-4-2-14(3-5-16)9-11-25(20,21)19-12-17-6-7-18(23-17)15-8-10-24-13-15/h2-8,10,13,19H,9,11-12H2,1H3. The minimum absolute atomic E-state index is 0.0252. The molecule has 0 amide bonds. The molecule has 0 unspecified atom stereocenters. The Bertz CT molecular complexity index is 897. The van der Waals surface area contributed by atoms with E-state index in [1.807, 2.05) is 47.2 Å². The summed E-state index contributed by atoms with van der Waals surface area (Å²) in [6, 6.07) is 13.0. The molecule has 132 valence electrons. The molecule has 0 saturated carbocycles. The molecule has 2 heterocycles. The molecule has 0 bridgehead atoms. The third kappa shape index (κ3) is 4.94. The summed E-state index contributed by atoms with van der Waals surface area (Å²) in [7, 11) is -1.78. The number of furan rings is 1. The van der Waals surface area contributed by atoms with E-state index >= 15 is 0 Å². The molecular weight excluding hydrogens is 358 g/mol. The summed E-state index contributed by atoms with van der Waals surface area (Å²) in [6.07, 6.45) is 0.442. The van der Waals surface area contributed by atoms with Gasteiger partial charge in [-0.15, -0.1) is 0 Å². The second kappa shape index (κ2) is 7.86. The number of ether oxygens (including phenoxy) is 1. The molecule has 0 radical (unpaired) electrons. The number of thiophene rings is 1. The lowest BCUT2D eigenvalue weighted by atomic mass is 10.2. The maximum absolute atomic E-state index is 12.2. The molecule has 7 heteroatoms. The molecule has 0 aliphatic heterocycles. The van der Waals surface area contributed by atoms with E-state index in [9.17, 15) is 8.42 Å². The first-order chi connectivity index (χ1) is 12.1. The Morgan fingerprint density at radius 2 is 1.92 bits per heavy atom. The van der Waals surface area contributed by atoms with Gasteiger partial charge in [0.1, 0.15) is 17.3 Å². The second-order valence-corrected chi connectivity index (χ2v) is 8.22. The van der Waals surface area contributed by atoms with Gasteiger partial charge in [-0.2, -0.15) is 11.3 Å². The summed E-state index contributed by atoms with van der Waals surface area (Å²) >= 11 is 1.59. The number of benzene rings is 1.